The van der Waals surface area contributed by atoms with Gasteiger partial charge in [-0.2, -0.15) is 0 Å². The second-order valence-electron chi connectivity index (χ2n) is 4.45. The second kappa shape index (κ2) is 19.9. The Kier molecular flexibility index (Phi) is 23.0. The standard InChI is InChI=1S/C6H15N.C4H6N2.C4H6O3.C2H4Cl2/c1-4-7(5-2)6-3;1-6-3-2-5-4-6;1-3(5)7-4(2)6;1-2(3)4/h4-6H2,1-3H3;2-4H,1H3;1-2H3;2H,1H3. The van der Waals surface area contributed by atoms with Gasteiger partial charge in [0.2, 0.25) is 0 Å². The molecule has 0 saturated carbocycles. The third kappa shape index (κ3) is 32.7. The monoisotopic (exact) mass is 383 g/mol. The fourth-order valence-electron chi connectivity index (χ4n) is 1.20. The molecule has 0 aliphatic carbocycles. The number of imidazole rings is 1. The molecule has 6 nitrogen and oxygen atoms in total. The average molecular weight is 384 g/mol. The highest BCUT2D eigenvalue weighted by Gasteiger charge is 1.93. The van der Waals surface area contributed by atoms with Crippen LogP contribution in [0.15, 0.2) is 18.7 Å². The van der Waals surface area contributed by atoms with Gasteiger partial charge in [-0.15, -0.1) is 23.2 Å². The van der Waals surface area contributed by atoms with Crippen LogP contribution in [0.1, 0.15) is 41.5 Å². The summed E-state index contributed by atoms with van der Waals surface area (Å²) in [5.74, 6) is -1.12. The van der Waals surface area contributed by atoms with E-state index in [1.807, 2.05) is 17.8 Å². The predicted molar refractivity (Wildman–Crippen MR) is 100 cm³/mol. The second-order valence-corrected chi connectivity index (χ2v) is 5.98. The first-order valence-corrected chi connectivity index (χ1v) is 8.59. The van der Waals surface area contributed by atoms with E-state index in [2.05, 4.69) is 35.4 Å². The summed E-state index contributed by atoms with van der Waals surface area (Å²) < 4.78 is 5.86. The number of hydrogen-bond donors (Lipinski definition) is 0. The first-order valence-electron chi connectivity index (χ1n) is 7.71. The number of nitrogens with zero attached hydrogens (tertiary/aromatic N) is 3. The number of carbonyl (C=O) groups is 2. The lowest BCUT2D eigenvalue weighted by molar-refractivity contribution is -0.156. The van der Waals surface area contributed by atoms with E-state index in [0.29, 0.717) is 0 Å². The Morgan fingerprint density at radius 1 is 1.12 bits per heavy atom. The first kappa shape index (κ1) is 27.7. The highest BCUT2D eigenvalue weighted by atomic mass is 35.5. The zero-order valence-corrected chi connectivity index (χ0v) is 17.3. The van der Waals surface area contributed by atoms with Crippen LogP contribution in [0.5, 0.6) is 0 Å². The van der Waals surface area contributed by atoms with Crippen molar-refractivity contribution in [3.63, 3.8) is 0 Å². The molecule has 1 heterocycles. The van der Waals surface area contributed by atoms with E-state index in [-0.39, 0.29) is 4.84 Å². The fourth-order valence-corrected chi connectivity index (χ4v) is 1.20. The number of hydrogen-bond acceptors (Lipinski definition) is 5. The molecule has 0 atom stereocenters. The molecule has 24 heavy (non-hydrogen) atoms. The number of carbonyl (C=O) groups excluding carboxylic acids is 2. The van der Waals surface area contributed by atoms with Gasteiger partial charge in [-0.1, -0.05) is 20.8 Å². The molecule has 1 aromatic rings. The molecule has 0 bridgehead atoms. The number of aromatic nitrogens is 2. The van der Waals surface area contributed by atoms with Gasteiger partial charge in [0.1, 0.15) is 4.84 Å². The molecule has 0 radical (unpaired) electrons. The maximum Gasteiger partial charge on any atom is 0.310 e. The highest BCUT2D eigenvalue weighted by molar-refractivity contribution is 6.43. The van der Waals surface area contributed by atoms with Gasteiger partial charge >= 0.3 is 11.9 Å². The van der Waals surface area contributed by atoms with Gasteiger partial charge in [-0.25, -0.2) is 4.98 Å². The van der Waals surface area contributed by atoms with E-state index in [0.717, 1.165) is 0 Å². The van der Waals surface area contributed by atoms with Crippen molar-refractivity contribution in [1.29, 1.82) is 0 Å². The molecule has 8 heteroatoms. The number of rotatable bonds is 3. The minimum absolute atomic E-state index is 0.222. The Morgan fingerprint density at radius 3 is 1.54 bits per heavy atom. The van der Waals surface area contributed by atoms with Gasteiger partial charge in [0.15, 0.2) is 0 Å². The summed E-state index contributed by atoms with van der Waals surface area (Å²) in [6.07, 6.45) is 5.39. The van der Waals surface area contributed by atoms with E-state index in [1.165, 1.54) is 33.5 Å². The third-order valence-electron chi connectivity index (χ3n) is 2.27. The molecule has 0 aliphatic heterocycles. The molecule has 0 spiro atoms. The van der Waals surface area contributed by atoms with Crippen molar-refractivity contribution in [2.24, 2.45) is 7.05 Å². The van der Waals surface area contributed by atoms with Crippen LogP contribution < -0.4 is 0 Å². The van der Waals surface area contributed by atoms with Crippen molar-refractivity contribution in [2.45, 2.75) is 46.4 Å². The van der Waals surface area contributed by atoms with Gasteiger partial charge in [0.05, 0.1) is 6.33 Å². The molecular weight excluding hydrogens is 353 g/mol. The summed E-state index contributed by atoms with van der Waals surface area (Å²) in [5.41, 5.74) is 0. The smallest absolute Gasteiger partial charge is 0.310 e. The zero-order chi connectivity index (χ0) is 19.5. The van der Waals surface area contributed by atoms with Crippen LogP contribution in [0.25, 0.3) is 0 Å². The Hall–Kier alpha value is -1.11. The molecule has 1 aromatic heterocycles. The summed E-state index contributed by atoms with van der Waals surface area (Å²) in [5, 5.41) is 0. The number of aryl methyl sites for hydroxylation is 1. The van der Waals surface area contributed by atoms with E-state index < -0.39 is 11.9 Å². The lowest BCUT2D eigenvalue weighted by Crippen LogP contribution is -2.21. The van der Waals surface area contributed by atoms with E-state index in [1.54, 1.807) is 19.4 Å². The summed E-state index contributed by atoms with van der Waals surface area (Å²) in [6, 6.07) is 0. The van der Waals surface area contributed by atoms with Gasteiger partial charge in [0.25, 0.3) is 0 Å². The van der Waals surface area contributed by atoms with Crippen LogP contribution in [0.2, 0.25) is 0 Å². The number of esters is 2. The molecule has 142 valence electrons. The van der Waals surface area contributed by atoms with Crippen LogP contribution >= 0.6 is 23.2 Å². The SMILES string of the molecule is CC(=O)OC(C)=O.CC(Cl)Cl.CCN(CC)CC.Cn1ccnc1. The number of alkyl halides is 2. The molecule has 0 aliphatic rings. The molecule has 0 fully saturated rings. The Labute approximate surface area is 156 Å². The number of halogens is 2. The third-order valence-corrected chi connectivity index (χ3v) is 2.27. The largest absolute Gasteiger partial charge is 0.394 e. The van der Waals surface area contributed by atoms with Crippen molar-refractivity contribution in [2.75, 3.05) is 19.6 Å². The predicted octanol–water partition coefficient (Wildman–Crippen LogP) is 3.67. The van der Waals surface area contributed by atoms with Crippen LogP contribution in [-0.4, -0.2) is 50.9 Å². The van der Waals surface area contributed by atoms with Gasteiger partial charge in [0, 0.05) is 33.3 Å². The normalized spacial score (nSPS) is 8.96. The minimum Gasteiger partial charge on any atom is -0.394 e. The van der Waals surface area contributed by atoms with Crippen molar-refractivity contribution in [1.82, 2.24) is 14.5 Å². The van der Waals surface area contributed by atoms with E-state index in [4.69, 9.17) is 23.2 Å². The summed E-state index contributed by atoms with van der Waals surface area (Å²) in [7, 11) is 1.94. The Bertz CT molecular complexity index is 375. The highest BCUT2D eigenvalue weighted by Crippen LogP contribution is 1.95. The van der Waals surface area contributed by atoms with Crippen LogP contribution in [-0.2, 0) is 21.4 Å². The van der Waals surface area contributed by atoms with Crippen LogP contribution in [0.4, 0.5) is 0 Å². The molecular formula is C16H31Cl2N3O3. The molecule has 0 N–H and O–H groups in total. The lowest BCUT2D eigenvalue weighted by atomic mass is 10.5. The molecule has 1 rings (SSSR count). The van der Waals surface area contributed by atoms with Gasteiger partial charge in [-0.3, -0.25) is 9.59 Å². The molecule has 0 saturated heterocycles. The Balaban J connectivity index is -0.000000250. The molecule has 0 amide bonds. The van der Waals surface area contributed by atoms with Crippen LogP contribution in [0.3, 0.4) is 0 Å². The lowest BCUT2D eigenvalue weighted by Gasteiger charge is -2.13. The van der Waals surface area contributed by atoms with Crippen LogP contribution in [0, 0.1) is 0 Å². The van der Waals surface area contributed by atoms with Crippen molar-refractivity contribution < 1.29 is 14.3 Å². The number of ether oxygens (including phenoxy) is 1. The topological polar surface area (TPSA) is 64.4 Å². The van der Waals surface area contributed by atoms with Crippen molar-refractivity contribution in [3.05, 3.63) is 18.7 Å². The Morgan fingerprint density at radius 2 is 1.50 bits per heavy atom. The maximum absolute atomic E-state index is 9.81. The van der Waals surface area contributed by atoms with E-state index in [9.17, 15) is 9.59 Å². The summed E-state index contributed by atoms with van der Waals surface area (Å²) in [6.45, 7) is 14.2. The minimum atomic E-state index is -0.562. The maximum atomic E-state index is 9.81. The van der Waals surface area contributed by atoms with E-state index >= 15 is 0 Å². The fraction of sp³-hybridized carbons (Fsp3) is 0.688. The quantitative estimate of drug-likeness (QED) is 0.452. The summed E-state index contributed by atoms with van der Waals surface area (Å²) in [4.78, 5) is 25.6. The van der Waals surface area contributed by atoms with Gasteiger partial charge in [-0.05, 0) is 26.6 Å². The molecule has 0 unspecified atom stereocenters. The zero-order valence-electron chi connectivity index (χ0n) is 15.8. The van der Waals surface area contributed by atoms with Crippen molar-refractivity contribution in [3.8, 4) is 0 Å². The van der Waals surface area contributed by atoms with Crippen molar-refractivity contribution >= 4 is 35.1 Å². The average Bonchev–Trinajstić information content (AvgIpc) is 2.91. The first-order chi connectivity index (χ1) is 11.1. The molecule has 0 aromatic carbocycles. The van der Waals surface area contributed by atoms with Gasteiger partial charge < -0.3 is 14.2 Å². The summed E-state index contributed by atoms with van der Waals surface area (Å²) >= 11 is 10.1.